The highest BCUT2D eigenvalue weighted by Crippen LogP contribution is 2.25. The molecule has 0 aliphatic rings. The van der Waals surface area contributed by atoms with Crippen LogP contribution < -0.4 is 9.62 Å². The highest BCUT2D eigenvalue weighted by atomic mass is 32.2. The Balaban J connectivity index is 2.21. The minimum Gasteiger partial charge on any atom is -0.348 e. The Morgan fingerprint density at radius 1 is 1.11 bits per heavy atom. The number of hydrogen-bond acceptors (Lipinski definition) is 4. The van der Waals surface area contributed by atoms with Crippen molar-refractivity contribution in [2.24, 2.45) is 0 Å². The highest BCUT2D eigenvalue weighted by molar-refractivity contribution is 7.98. The van der Waals surface area contributed by atoms with E-state index in [1.54, 1.807) is 18.2 Å². The Kier molecular flexibility index (Phi) is 7.17. The molecular weight excluding hydrogens is 392 g/mol. The molecule has 2 aromatic carbocycles. The maximum absolute atomic E-state index is 12.7. The molecule has 1 amide bonds. The second-order valence-corrected chi connectivity index (χ2v) is 9.84. The molecule has 0 aliphatic heterocycles. The summed E-state index contributed by atoms with van der Waals surface area (Å²) in [6.07, 6.45) is 3.03. The van der Waals surface area contributed by atoms with Crippen LogP contribution in [-0.4, -0.2) is 33.4 Å². The average molecular weight is 421 g/mol. The Morgan fingerprint density at radius 2 is 1.75 bits per heavy atom. The fraction of sp³-hybridized carbons (Fsp3) is 0.381. The van der Waals surface area contributed by atoms with Gasteiger partial charge in [0.2, 0.25) is 15.9 Å². The molecule has 2 rings (SSSR count). The zero-order valence-electron chi connectivity index (χ0n) is 17.2. The third-order valence-electron chi connectivity index (χ3n) is 4.76. The maximum Gasteiger partial charge on any atom is 0.241 e. The molecule has 0 heterocycles. The summed E-state index contributed by atoms with van der Waals surface area (Å²) in [5, 5.41) is 2.93. The second kappa shape index (κ2) is 9.01. The normalized spacial score (nSPS) is 12.5. The predicted molar refractivity (Wildman–Crippen MR) is 118 cm³/mol. The van der Waals surface area contributed by atoms with Crippen LogP contribution in [0.2, 0.25) is 0 Å². The summed E-state index contributed by atoms with van der Waals surface area (Å²) in [4.78, 5) is 13.6. The van der Waals surface area contributed by atoms with Gasteiger partial charge in [0.15, 0.2) is 0 Å². The molecule has 0 spiro atoms. The number of aryl methyl sites for hydroxylation is 3. The number of thioether (sulfide) groups is 1. The third-order valence-corrected chi connectivity index (χ3v) is 6.62. The molecule has 0 saturated carbocycles. The molecule has 0 fully saturated rings. The molecule has 152 valence electrons. The summed E-state index contributed by atoms with van der Waals surface area (Å²) in [6.45, 7) is 7.76. The molecular formula is C21H28N2O3S2. The van der Waals surface area contributed by atoms with Gasteiger partial charge in [-0.15, -0.1) is 11.8 Å². The van der Waals surface area contributed by atoms with Crippen LogP contribution in [0.4, 0.5) is 5.69 Å². The Morgan fingerprint density at radius 3 is 2.36 bits per heavy atom. The molecule has 0 unspecified atom stereocenters. The summed E-state index contributed by atoms with van der Waals surface area (Å²) in [7, 11) is -3.60. The standard InChI is InChI=1S/C21H28N2O3S2/c1-14-10-16(3)20(11-15(14)2)17(4)22-21(24)13-23(28(6,25)26)18-8-7-9-19(12-18)27-5/h7-12,17H,13H2,1-6H3,(H,22,24)/t17-/m0/s1. The van der Waals surface area contributed by atoms with Crippen molar-refractivity contribution in [3.8, 4) is 0 Å². The van der Waals surface area contributed by atoms with Crippen LogP contribution in [0.15, 0.2) is 41.3 Å². The molecule has 2 aromatic rings. The van der Waals surface area contributed by atoms with E-state index in [4.69, 9.17) is 0 Å². The second-order valence-electron chi connectivity index (χ2n) is 7.05. The number of amides is 1. The topological polar surface area (TPSA) is 66.5 Å². The van der Waals surface area contributed by atoms with Gasteiger partial charge in [0.25, 0.3) is 0 Å². The molecule has 0 aromatic heterocycles. The zero-order valence-corrected chi connectivity index (χ0v) is 18.9. The van der Waals surface area contributed by atoms with Crippen molar-refractivity contribution in [3.05, 3.63) is 58.7 Å². The number of sulfonamides is 1. The quantitative estimate of drug-likeness (QED) is 0.688. The Labute approximate surface area is 172 Å². The monoisotopic (exact) mass is 420 g/mol. The van der Waals surface area contributed by atoms with Crippen molar-refractivity contribution in [2.45, 2.75) is 38.6 Å². The summed E-state index contributed by atoms with van der Waals surface area (Å²) in [5.74, 6) is -0.342. The van der Waals surface area contributed by atoms with E-state index in [2.05, 4.69) is 24.4 Å². The number of benzene rings is 2. The van der Waals surface area contributed by atoms with Gasteiger partial charge in [0.05, 0.1) is 18.0 Å². The molecule has 0 radical (unpaired) electrons. The largest absolute Gasteiger partial charge is 0.348 e. The highest BCUT2D eigenvalue weighted by Gasteiger charge is 2.22. The van der Waals surface area contributed by atoms with Crippen LogP contribution in [0.5, 0.6) is 0 Å². The lowest BCUT2D eigenvalue weighted by atomic mass is 9.96. The van der Waals surface area contributed by atoms with E-state index in [1.165, 1.54) is 17.3 Å². The number of carbonyl (C=O) groups is 1. The minimum absolute atomic E-state index is 0.217. The van der Waals surface area contributed by atoms with E-state index < -0.39 is 10.0 Å². The smallest absolute Gasteiger partial charge is 0.241 e. The maximum atomic E-state index is 12.7. The summed E-state index contributed by atoms with van der Waals surface area (Å²) < 4.78 is 25.7. The van der Waals surface area contributed by atoms with Gasteiger partial charge in [-0.05, 0) is 74.4 Å². The lowest BCUT2D eigenvalue weighted by Crippen LogP contribution is -2.41. The molecule has 28 heavy (non-hydrogen) atoms. The lowest BCUT2D eigenvalue weighted by molar-refractivity contribution is -0.120. The number of nitrogens with zero attached hydrogens (tertiary/aromatic N) is 1. The van der Waals surface area contributed by atoms with Crippen molar-refractivity contribution in [3.63, 3.8) is 0 Å². The Bertz CT molecular complexity index is 972. The Hall–Kier alpha value is -1.99. The molecule has 0 bridgehead atoms. The number of carbonyl (C=O) groups excluding carboxylic acids is 1. The molecule has 0 aliphatic carbocycles. The van der Waals surface area contributed by atoms with Crippen LogP contribution in [0.25, 0.3) is 0 Å². The molecule has 1 atom stereocenters. The zero-order chi connectivity index (χ0) is 21.1. The van der Waals surface area contributed by atoms with Crippen molar-refractivity contribution in [1.29, 1.82) is 0 Å². The van der Waals surface area contributed by atoms with Crippen LogP contribution in [0.1, 0.15) is 35.2 Å². The van der Waals surface area contributed by atoms with Gasteiger partial charge in [0.1, 0.15) is 6.54 Å². The van der Waals surface area contributed by atoms with Gasteiger partial charge in [-0.1, -0.05) is 18.2 Å². The average Bonchev–Trinajstić information content (AvgIpc) is 2.61. The molecule has 5 nitrogen and oxygen atoms in total. The van der Waals surface area contributed by atoms with Gasteiger partial charge >= 0.3 is 0 Å². The summed E-state index contributed by atoms with van der Waals surface area (Å²) >= 11 is 1.52. The van der Waals surface area contributed by atoms with E-state index in [0.717, 1.165) is 32.1 Å². The first-order chi connectivity index (χ1) is 13.0. The van der Waals surface area contributed by atoms with Crippen molar-refractivity contribution in [2.75, 3.05) is 23.4 Å². The van der Waals surface area contributed by atoms with E-state index in [-0.39, 0.29) is 18.5 Å². The fourth-order valence-corrected chi connectivity index (χ4v) is 4.41. The first-order valence-corrected chi connectivity index (χ1v) is 12.1. The van der Waals surface area contributed by atoms with Crippen LogP contribution in [-0.2, 0) is 14.8 Å². The first kappa shape index (κ1) is 22.3. The first-order valence-electron chi connectivity index (χ1n) is 9.01. The molecule has 7 heteroatoms. The van der Waals surface area contributed by atoms with Crippen LogP contribution >= 0.6 is 11.8 Å². The SMILES string of the molecule is CSc1cccc(N(CC(=O)N[C@@H](C)c2cc(C)c(C)cc2C)S(C)(=O)=O)c1. The lowest BCUT2D eigenvalue weighted by Gasteiger charge is -2.24. The van der Waals surface area contributed by atoms with E-state index in [9.17, 15) is 13.2 Å². The number of anilines is 1. The van der Waals surface area contributed by atoms with E-state index in [0.29, 0.717) is 5.69 Å². The van der Waals surface area contributed by atoms with Crippen molar-refractivity contribution in [1.82, 2.24) is 5.32 Å². The summed E-state index contributed by atoms with van der Waals surface area (Å²) in [5.41, 5.74) is 4.99. The summed E-state index contributed by atoms with van der Waals surface area (Å²) in [6, 6.07) is 11.1. The number of rotatable bonds is 7. The third kappa shape index (κ3) is 5.52. The number of nitrogens with one attached hydrogen (secondary N) is 1. The van der Waals surface area contributed by atoms with Crippen molar-refractivity contribution >= 4 is 33.4 Å². The van der Waals surface area contributed by atoms with Gasteiger partial charge in [-0.25, -0.2) is 8.42 Å². The van der Waals surface area contributed by atoms with E-state index >= 15 is 0 Å². The van der Waals surface area contributed by atoms with Gasteiger partial charge < -0.3 is 5.32 Å². The predicted octanol–water partition coefficient (Wildman–Crippen LogP) is 3.98. The van der Waals surface area contributed by atoms with Gasteiger partial charge in [-0.3, -0.25) is 9.10 Å². The molecule has 1 N–H and O–H groups in total. The fourth-order valence-electron chi connectivity index (χ4n) is 3.11. The van der Waals surface area contributed by atoms with Crippen molar-refractivity contribution < 1.29 is 13.2 Å². The van der Waals surface area contributed by atoms with E-state index in [1.807, 2.05) is 33.1 Å². The molecule has 0 saturated heterocycles. The van der Waals surface area contributed by atoms with Crippen LogP contribution in [0.3, 0.4) is 0 Å². The van der Waals surface area contributed by atoms with Gasteiger partial charge in [-0.2, -0.15) is 0 Å². The van der Waals surface area contributed by atoms with Crippen LogP contribution in [0, 0.1) is 20.8 Å². The minimum atomic E-state index is -3.60. The van der Waals surface area contributed by atoms with Gasteiger partial charge in [0, 0.05) is 4.90 Å². The number of hydrogen-bond donors (Lipinski definition) is 1.